The molecule has 0 unspecified atom stereocenters. The van der Waals surface area contributed by atoms with Gasteiger partial charge in [-0.25, -0.2) is 8.42 Å². The van der Waals surface area contributed by atoms with Gasteiger partial charge in [0.1, 0.15) is 9.84 Å². The number of carbonyl (C=O) groups is 1. The largest absolute Gasteiger partial charge is 0.465 e. The predicted molar refractivity (Wildman–Crippen MR) is 65.5 cm³/mol. The van der Waals surface area contributed by atoms with Gasteiger partial charge in [-0.05, 0) is 19.3 Å². The van der Waals surface area contributed by atoms with Gasteiger partial charge in [0, 0.05) is 6.04 Å². The Bertz CT molecular complexity index is 325. The molecule has 0 aromatic rings. The number of hydrogen-bond acceptors (Lipinski definition) is 5. The number of sulfone groups is 1. The molecule has 0 spiro atoms. The van der Waals surface area contributed by atoms with E-state index in [1.54, 1.807) is 0 Å². The van der Waals surface area contributed by atoms with Crippen LogP contribution in [0.25, 0.3) is 0 Å². The average Bonchev–Trinajstić information content (AvgIpc) is 2.28. The van der Waals surface area contributed by atoms with Crippen molar-refractivity contribution in [1.82, 2.24) is 5.32 Å². The van der Waals surface area contributed by atoms with Crippen LogP contribution in [0.3, 0.4) is 0 Å². The second kappa shape index (κ2) is 6.96. The van der Waals surface area contributed by atoms with E-state index >= 15 is 0 Å². The molecule has 17 heavy (non-hydrogen) atoms. The Morgan fingerprint density at radius 1 is 1.35 bits per heavy atom. The molecule has 0 radical (unpaired) electrons. The number of unbranched alkanes of at least 4 members (excludes halogenated alkanes) is 1. The molecule has 0 amide bonds. The molecule has 1 aliphatic rings. The van der Waals surface area contributed by atoms with Crippen molar-refractivity contribution in [2.75, 3.05) is 24.7 Å². The smallest absolute Gasteiger partial charge is 0.319 e. The van der Waals surface area contributed by atoms with Crippen molar-refractivity contribution in [3.63, 3.8) is 0 Å². The number of hydrogen-bond donors (Lipinski definition) is 1. The molecular weight excluding hydrogens is 242 g/mol. The van der Waals surface area contributed by atoms with Crippen LogP contribution in [0.1, 0.15) is 32.6 Å². The normalized spacial score (nSPS) is 20.1. The van der Waals surface area contributed by atoms with Gasteiger partial charge in [-0.3, -0.25) is 4.79 Å². The van der Waals surface area contributed by atoms with Gasteiger partial charge in [0.25, 0.3) is 0 Å². The summed E-state index contributed by atoms with van der Waals surface area (Å²) in [4.78, 5) is 11.3. The SMILES string of the molecule is CCCCOC(=O)CNC1CCS(=O)(=O)CC1. The average molecular weight is 263 g/mol. The van der Waals surface area contributed by atoms with Crippen molar-refractivity contribution in [3.05, 3.63) is 0 Å². The molecule has 0 bridgehead atoms. The molecule has 0 aromatic heterocycles. The first-order chi connectivity index (χ1) is 8.03. The number of rotatable bonds is 6. The maximum Gasteiger partial charge on any atom is 0.319 e. The molecule has 1 rings (SSSR count). The highest BCUT2D eigenvalue weighted by molar-refractivity contribution is 7.91. The van der Waals surface area contributed by atoms with Crippen LogP contribution < -0.4 is 5.32 Å². The van der Waals surface area contributed by atoms with Gasteiger partial charge in [0.15, 0.2) is 0 Å². The van der Waals surface area contributed by atoms with Crippen LogP contribution in [-0.2, 0) is 19.4 Å². The van der Waals surface area contributed by atoms with Crippen LogP contribution >= 0.6 is 0 Å². The summed E-state index contributed by atoms with van der Waals surface area (Å²) in [6.45, 7) is 2.68. The monoisotopic (exact) mass is 263 g/mol. The molecule has 0 aliphatic carbocycles. The van der Waals surface area contributed by atoms with Gasteiger partial charge in [0.05, 0.1) is 24.7 Å². The summed E-state index contributed by atoms with van der Waals surface area (Å²) >= 11 is 0. The van der Waals surface area contributed by atoms with E-state index in [-0.39, 0.29) is 30.1 Å². The van der Waals surface area contributed by atoms with Gasteiger partial charge in [-0.15, -0.1) is 0 Å². The number of carbonyl (C=O) groups excluding carboxylic acids is 1. The Morgan fingerprint density at radius 3 is 2.59 bits per heavy atom. The van der Waals surface area contributed by atoms with E-state index in [9.17, 15) is 13.2 Å². The summed E-state index contributed by atoms with van der Waals surface area (Å²) in [6, 6.07) is 0.122. The molecule has 0 aromatic carbocycles. The van der Waals surface area contributed by atoms with Crippen LogP contribution in [0.15, 0.2) is 0 Å². The third-order valence-corrected chi connectivity index (χ3v) is 4.57. The number of nitrogens with one attached hydrogen (secondary N) is 1. The molecule has 100 valence electrons. The first-order valence-corrected chi connectivity index (χ1v) is 7.95. The second-order valence-electron chi connectivity index (χ2n) is 4.38. The lowest BCUT2D eigenvalue weighted by atomic mass is 10.1. The topological polar surface area (TPSA) is 72.5 Å². The molecule has 1 N–H and O–H groups in total. The summed E-state index contributed by atoms with van der Waals surface area (Å²) < 4.78 is 27.4. The van der Waals surface area contributed by atoms with Gasteiger partial charge >= 0.3 is 5.97 Å². The number of ether oxygens (including phenoxy) is 1. The first kappa shape index (κ1) is 14.4. The van der Waals surface area contributed by atoms with Crippen molar-refractivity contribution in [1.29, 1.82) is 0 Å². The summed E-state index contributed by atoms with van der Waals surface area (Å²) in [5.74, 6) is 0.178. The van der Waals surface area contributed by atoms with Crippen LogP contribution in [0, 0.1) is 0 Å². The second-order valence-corrected chi connectivity index (χ2v) is 6.68. The summed E-state index contributed by atoms with van der Waals surface area (Å²) in [5, 5.41) is 3.05. The van der Waals surface area contributed by atoms with Gasteiger partial charge in [-0.2, -0.15) is 0 Å². The fourth-order valence-electron chi connectivity index (χ4n) is 1.70. The van der Waals surface area contributed by atoms with Crippen LogP contribution in [-0.4, -0.2) is 45.1 Å². The van der Waals surface area contributed by atoms with E-state index in [4.69, 9.17) is 4.74 Å². The quantitative estimate of drug-likeness (QED) is 0.558. The van der Waals surface area contributed by atoms with E-state index in [0.29, 0.717) is 19.4 Å². The molecule has 1 fully saturated rings. The molecular formula is C11H21NO4S. The van der Waals surface area contributed by atoms with E-state index in [1.165, 1.54) is 0 Å². The fourth-order valence-corrected chi connectivity index (χ4v) is 3.19. The zero-order chi connectivity index (χ0) is 12.7. The minimum atomic E-state index is -2.83. The molecule has 6 heteroatoms. The minimum Gasteiger partial charge on any atom is -0.465 e. The Labute approximate surface area is 103 Å². The lowest BCUT2D eigenvalue weighted by Gasteiger charge is -2.22. The first-order valence-electron chi connectivity index (χ1n) is 6.13. The molecule has 0 saturated carbocycles. The Hall–Kier alpha value is -0.620. The molecule has 1 saturated heterocycles. The zero-order valence-corrected chi connectivity index (χ0v) is 11.1. The van der Waals surface area contributed by atoms with Crippen LogP contribution in [0.2, 0.25) is 0 Å². The maximum absolute atomic E-state index is 11.3. The fraction of sp³-hybridized carbons (Fsp3) is 0.909. The minimum absolute atomic E-state index is 0.122. The van der Waals surface area contributed by atoms with E-state index in [0.717, 1.165) is 12.8 Å². The third kappa shape index (κ3) is 6.02. The lowest BCUT2D eigenvalue weighted by Crippen LogP contribution is -2.40. The Balaban J connectivity index is 2.13. The standard InChI is InChI=1S/C11H21NO4S/c1-2-3-6-16-11(13)9-12-10-4-7-17(14,15)8-5-10/h10,12H,2-9H2,1H3. The highest BCUT2D eigenvalue weighted by Crippen LogP contribution is 2.11. The summed E-state index contributed by atoms with van der Waals surface area (Å²) in [6.07, 6.45) is 3.06. The van der Waals surface area contributed by atoms with E-state index < -0.39 is 9.84 Å². The molecule has 1 heterocycles. The van der Waals surface area contributed by atoms with Crippen molar-refractivity contribution < 1.29 is 17.9 Å². The van der Waals surface area contributed by atoms with E-state index in [1.807, 2.05) is 6.92 Å². The van der Waals surface area contributed by atoms with Crippen molar-refractivity contribution in [2.45, 2.75) is 38.6 Å². The van der Waals surface area contributed by atoms with Crippen LogP contribution in [0.4, 0.5) is 0 Å². The van der Waals surface area contributed by atoms with Crippen molar-refractivity contribution in [3.8, 4) is 0 Å². The Kier molecular flexibility index (Phi) is 5.91. The predicted octanol–water partition coefficient (Wildman–Crippen LogP) is 0.496. The number of esters is 1. The van der Waals surface area contributed by atoms with Crippen molar-refractivity contribution in [2.24, 2.45) is 0 Å². The summed E-state index contributed by atoms with van der Waals surface area (Å²) in [7, 11) is -2.83. The summed E-state index contributed by atoms with van der Waals surface area (Å²) in [5.41, 5.74) is 0. The molecule has 1 aliphatic heterocycles. The maximum atomic E-state index is 11.3. The van der Waals surface area contributed by atoms with Crippen LogP contribution in [0.5, 0.6) is 0 Å². The van der Waals surface area contributed by atoms with E-state index in [2.05, 4.69) is 5.32 Å². The third-order valence-electron chi connectivity index (χ3n) is 2.85. The molecule has 0 atom stereocenters. The van der Waals surface area contributed by atoms with Gasteiger partial charge in [-0.1, -0.05) is 13.3 Å². The zero-order valence-electron chi connectivity index (χ0n) is 10.3. The lowest BCUT2D eigenvalue weighted by molar-refractivity contribution is -0.142. The highest BCUT2D eigenvalue weighted by atomic mass is 32.2. The van der Waals surface area contributed by atoms with Crippen molar-refractivity contribution >= 4 is 15.8 Å². The van der Waals surface area contributed by atoms with Gasteiger partial charge < -0.3 is 10.1 Å². The highest BCUT2D eigenvalue weighted by Gasteiger charge is 2.23. The van der Waals surface area contributed by atoms with Gasteiger partial charge in [0.2, 0.25) is 0 Å². The molecule has 5 nitrogen and oxygen atoms in total. The Morgan fingerprint density at radius 2 is 2.00 bits per heavy atom.